The number of hydrogen-bond acceptors (Lipinski definition) is 4. The molecule has 1 unspecified atom stereocenters. The predicted molar refractivity (Wildman–Crippen MR) is 87.5 cm³/mol. The van der Waals surface area contributed by atoms with Gasteiger partial charge in [0.05, 0.1) is 5.92 Å². The average Bonchev–Trinajstić information content (AvgIpc) is 2.78. The van der Waals surface area contributed by atoms with Crippen LogP contribution in [0.3, 0.4) is 0 Å². The quantitative estimate of drug-likeness (QED) is 0.882. The first-order valence-corrected chi connectivity index (χ1v) is 7.73. The molecule has 7 nitrogen and oxygen atoms in total. The number of carbonyl (C=O) groups excluding carboxylic acids is 2. The second-order valence-electron chi connectivity index (χ2n) is 6.84. The maximum absolute atomic E-state index is 11.9. The second-order valence-corrected chi connectivity index (χ2v) is 6.84. The van der Waals surface area contributed by atoms with E-state index in [0.29, 0.717) is 12.2 Å². The number of carboxylic acids is 1. The maximum atomic E-state index is 11.9. The molecular formula is C17H22N2O5. The number of hydrogen-bond donors (Lipinski definition) is 2. The molecule has 0 bridgehead atoms. The van der Waals surface area contributed by atoms with Crippen molar-refractivity contribution in [1.82, 2.24) is 4.90 Å². The second kappa shape index (κ2) is 6.90. The minimum atomic E-state index is -0.953. The van der Waals surface area contributed by atoms with E-state index in [2.05, 4.69) is 5.32 Å². The van der Waals surface area contributed by atoms with E-state index in [-0.39, 0.29) is 18.9 Å². The first-order valence-electron chi connectivity index (χ1n) is 7.73. The number of nitrogens with zero attached hydrogens (tertiary/aromatic N) is 1. The molecule has 1 fully saturated rings. The van der Waals surface area contributed by atoms with Crippen LogP contribution < -0.4 is 5.32 Å². The number of likely N-dealkylation sites (tertiary alicyclic amines) is 1. The number of ether oxygens (including phenoxy) is 1. The fourth-order valence-electron chi connectivity index (χ4n) is 2.48. The molecule has 0 radical (unpaired) electrons. The van der Waals surface area contributed by atoms with E-state index < -0.39 is 23.6 Å². The highest BCUT2D eigenvalue weighted by atomic mass is 16.6. The van der Waals surface area contributed by atoms with Crippen molar-refractivity contribution in [3.8, 4) is 0 Å². The van der Waals surface area contributed by atoms with Crippen LogP contribution in [0.4, 0.5) is 10.5 Å². The predicted octanol–water partition coefficient (Wildman–Crippen LogP) is 2.47. The van der Waals surface area contributed by atoms with Gasteiger partial charge in [0.2, 0.25) is 5.91 Å². The molecule has 2 rings (SSSR count). The monoisotopic (exact) mass is 334 g/mol. The van der Waals surface area contributed by atoms with Gasteiger partial charge in [-0.1, -0.05) is 12.1 Å². The fraction of sp³-hybridized carbons (Fsp3) is 0.471. The van der Waals surface area contributed by atoms with Crippen LogP contribution in [-0.4, -0.2) is 40.1 Å². The summed E-state index contributed by atoms with van der Waals surface area (Å²) in [6.45, 7) is 5.85. The number of anilines is 1. The van der Waals surface area contributed by atoms with Gasteiger partial charge >= 0.3 is 12.1 Å². The molecular weight excluding hydrogens is 312 g/mol. The molecule has 1 aromatic rings. The summed E-state index contributed by atoms with van der Waals surface area (Å²) in [5.74, 6) is -1.78. The van der Waals surface area contributed by atoms with E-state index >= 15 is 0 Å². The molecule has 2 amide bonds. The SMILES string of the molecule is CC(C)(C)OC(=O)Nc1cccc(CN2CC(C(=O)O)CC2=O)c1. The van der Waals surface area contributed by atoms with E-state index in [4.69, 9.17) is 9.84 Å². The molecule has 1 aliphatic rings. The smallest absolute Gasteiger partial charge is 0.412 e. The van der Waals surface area contributed by atoms with Crippen molar-refractivity contribution in [2.75, 3.05) is 11.9 Å². The van der Waals surface area contributed by atoms with Crippen LogP contribution in [0.5, 0.6) is 0 Å². The minimum Gasteiger partial charge on any atom is -0.481 e. The molecule has 1 aliphatic heterocycles. The molecule has 0 saturated carbocycles. The van der Waals surface area contributed by atoms with Gasteiger partial charge in [-0.15, -0.1) is 0 Å². The van der Waals surface area contributed by atoms with Gasteiger partial charge in [0.25, 0.3) is 0 Å². The number of carboxylic acid groups (broad SMARTS) is 1. The lowest BCUT2D eigenvalue weighted by molar-refractivity contribution is -0.141. The fourth-order valence-corrected chi connectivity index (χ4v) is 2.48. The van der Waals surface area contributed by atoms with Crippen molar-refractivity contribution in [1.29, 1.82) is 0 Å². The number of aliphatic carboxylic acids is 1. The van der Waals surface area contributed by atoms with Crippen LogP contribution in [0.2, 0.25) is 0 Å². The zero-order valence-corrected chi connectivity index (χ0v) is 14.0. The molecule has 0 aromatic heterocycles. The van der Waals surface area contributed by atoms with Gasteiger partial charge in [-0.3, -0.25) is 14.9 Å². The first kappa shape index (κ1) is 17.8. The highest BCUT2D eigenvalue weighted by molar-refractivity contribution is 5.86. The molecule has 1 saturated heterocycles. The van der Waals surface area contributed by atoms with Gasteiger partial charge in [-0.05, 0) is 38.5 Å². The standard InChI is InChI=1S/C17H22N2O5/c1-17(2,3)24-16(23)18-13-6-4-5-11(7-13)9-19-10-12(15(21)22)8-14(19)20/h4-7,12H,8-10H2,1-3H3,(H,18,23)(H,21,22). The van der Waals surface area contributed by atoms with Crippen molar-refractivity contribution in [2.45, 2.75) is 39.3 Å². The van der Waals surface area contributed by atoms with Crippen molar-refractivity contribution < 1.29 is 24.2 Å². The summed E-state index contributed by atoms with van der Waals surface area (Å²) in [5, 5.41) is 11.7. The summed E-state index contributed by atoms with van der Waals surface area (Å²) >= 11 is 0. The Hall–Kier alpha value is -2.57. The molecule has 7 heteroatoms. The van der Waals surface area contributed by atoms with Crippen molar-refractivity contribution in [3.05, 3.63) is 29.8 Å². The summed E-state index contributed by atoms with van der Waals surface area (Å²) in [6.07, 6.45) is -0.520. The number of amides is 2. The average molecular weight is 334 g/mol. The Balaban J connectivity index is 1.99. The van der Waals surface area contributed by atoms with E-state index in [1.165, 1.54) is 4.90 Å². The summed E-state index contributed by atoms with van der Waals surface area (Å²) < 4.78 is 5.19. The molecule has 130 valence electrons. The summed E-state index contributed by atoms with van der Waals surface area (Å²) in [5.41, 5.74) is 0.779. The lowest BCUT2D eigenvalue weighted by Crippen LogP contribution is -2.27. The number of benzene rings is 1. The molecule has 0 aliphatic carbocycles. The highest BCUT2D eigenvalue weighted by Gasteiger charge is 2.34. The Bertz CT molecular complexity index is 651. The summed E-state index contributed by atoms with van der Waals surface area (Å²) in [4.78, 5) is 36.2. The Kier molecular flexibility index (Phi) is 5.11. The van der Waals surface area contributed by atoms with Gasteiger partial charge in [-0.25, -0.2) is 4.79 Å². The van der Waals surface area contributed by atoms with Gasteiger partial charge < -0.3 is 14.7 Å². The molecule has 1 heterocycles. The summed E-state index contributed by atoms with van der Waals surface area (Å²) in [7, 11) is 0. The van der Waals surface area contributed by atoms with Crippen LogP contribution in [0, 0.1) is 5.92 Å². The molecule has 2 N–H and O–H groups in total. The first-order chi connectivity index (χ1) is 11.1. The molecule has 1 atom stereocenters. The van der Waals surface area contributed by atoms with E-state index in [9.17, 15) is 14.4 Å². The Morgan fingerprint density at radius 1 is 1.38 bits per heavy atom. The van der Waals surface area contributed by atoms with Crippen molar-refractivity contribution in [3.63, 3.8) is 0 Å². The van der Waals surface area contributed by atoms with Gasteiger partial charge in [0.1, 0.15) is 5.60 Å². The van der Waals surface area contributed by atoms with E-state index in [0.717, 1.165) is 5.56 Å². The van der Waals surface area contributed by atoms with Crippen LogP contribution >= 0.6 is 0 Å². The zero-order valence-electron chi connectivity index (χ0n) is 14.0. The van der Waals surface area contributed by atoms with Gasteiger partial charge in [0, 0.05) is 25.2 Å². The molecule has 24 heavy (non-hydrogen) atoms. The van der Waals surface area contributed by atoms with E-state index in [1.54, 1.807) is 39.0 Å². The number of carbonyl (C=O) groups is 3. The van der Waals surface area contributed by atoms with Crippen LogP contribution in [0.25, 0.3) is 0 Å². The molecule has 0 spiro atoms. The zero-order chi connectivity index (χ0) is 17.9. The van der Waals surface area contributed by atoms with Gasteiger partial charge in [0.15, 0.2) is 0 Å². The van der Waals surface area contributed by atoms with Crippen LogP contribution in [0.15, 0.2) is 24.3 Å². The Labute approximate surface area is 140 Å². The molecule has 1 aromatic carbocycles. The third-order valence-corrected chi connectivity index (χ3v) is 3.51. The lowest BCUT2D eigenvalue weighted by Gasteiger charge is -2.20. The van der Waals surface area contributed by atoms with Crippen LogP contribution in [0.1, 0.15) is 32.8 Å². The third-order valence-electron chi connectivity index (χ3n) is 3.51. The number of nitrogens with one attached hydrogen (secondary N) is 1. The minimum absolute atomic E-state index is 0.0329. The van der Waals surface area contributed by atoms with Crippen LogP contribution in [-0.2, 0) is 20.9 Å². The van der Waals surface area contributed by atoms with Crippen molar-refractivity contribution >= 4 is 23.7 Å². The maximum Gasteiger partial charge on any atom is 0.412 e. The summed E-state index contributed by atoms with van der Waals surface area (Å²) in [6, 6.07) is 7.05. The normalized spacial score (nSPS) is 17.7. The van der Waals surface area contributed by atoms with Gasteiger partial charge in [-0.2, -0.15) is 0 Å². The highest BCUT2D eigenvalue weighted by Crippen LogP contribution is 2.21. The van der Waals surface area contributed by atoms with E-state index in [1.807, 2.05) is 6.07 Å². The largest absolute Gasteiger partial charge is 0.481 e. The topological polar surface area (TPSA) is 95.9 Å². The third kappa shape index (κ3) is 4.97. The van der Waals surface area contributed by atoms with Crippen molar-refractivity contribution in [2.24, 2.45) is 5.92 Å². The number of rotatable bonds is 4. The lowest BCUT2D eigenvalue weighted by atomic mass is 10.1. The Morgan fingerprint density at radius 2 is 2.08 bits per heavy atom. The Morgan fingerprint density at radius 3 is 2.67 bits per heavy atom.